The summed E-state index contributed by atoms with van der Waals surface area (Å²) in [6.07, 6.45) is 4.51. The van der Waals surface area contributed by atoms with Gasteiger partial charge in [0.2, 0.25) is 5.91 Å². The van der Waals surface area contributed by atoms with Crippen LogP contribution in [-0.2, 0) is 17.6 Å². The first kappa shape index (κ1) is 12.7. The molecule has 3 nitrogen and oxygen atoms in total. The summed E-state index contributed by atoms with van der Waals surface area (Å²) in [4.78, 5) is 12.1. The second kappa shape index (κ2) is 4.76. The van der Waals surface area contributed by atoms with Gasteiger partial charge >= 0.3 is 0 Å². The lowest BCUT2D eigenvalue weighted by molar-refractivity contribution is -0.121. The zero-order valence-electron chi connectivity index (χ0n) is 12.3. The van der Waals surface area contributed by atoms with Gasteiger partial charge in [-0.05, 0) is 55.2 Å². The number of carbonyl (C=O) groups is 1. The van der Waals surface area contributed by atoms with E-state index in [1.54, 1.807) is 0 Å². The summed E-state index contributed by atoms with van der Waals surface area (Å²) in [6.45, 7) is 1.93. The van der Waals surface area contributed by atoms with Gasteiger partial charge in [-0.3, -0.25) is 4.79 Å². The van der Waals surface area contributed by atoms with Gasteiger partial charge in [0.1, 0.15) is 6.04 Å². The maximum atomic E-state index is 12.1. The Balaban J connectivity index is 1.63. The molecule has 0 radical (unpaired) electrons. The van der Waals surface area contributed by atoms with Gasteiger partial charge in [0.05, 0.1) is 0 Å². The van der Waals surface area contributed by atoms with E-state index in [9.17, 15) is 4.79 Å². The SMILES string of the molecule is C[C@H](Nc1ccc2c3c(cccc13)CC2)C(=O)NC1CC1. The highest BCUT2D eigenvalue weighted by Gasteiger charge is 2.26. The number of aryl methyl sites for hydroxylation is 2. The minimum atomic E-state index is -0.205. The van der Waals surface area contributed by atoms with E-state index in [0.29, 0.717) is 6.04 Å². The van der Waals surface area contributed by atoms with Crippen LogP contribution in [0.1, 0.15) is 30.9 Å². The van der Waals surface area contributed by atoms with Crippen molar-refractivity contribution in [3.8, 4) is 0 Å². The van der Waals surface area contributed by atoms with Crippen molar-refractivity contribution < 1.29 is 4.79 Å². The van der Waals surface area contributed by atoms with E-state index in [4.69, 9.17) is 0 Å². The zero-order chi connectivity index (χ0) is 14.4. The van der Waals surface area contributed by atoms with E-state index in [1.807, 2.05) is 6.92 Å². The number of rotatable bonds is 4. The van der Waals surface area contributed by atoms with Crippen LogP contribution in [0.3, 0.4) is 0 Å². The first-order chi connectivity index (χ1) is 10.2. The van der Waals surface area contributed by atoms with E-state index in [1.165, 1.54) is 21.9 Å². The largest absolute Gasteiger partial charge is 0.373 e. The Morgan fingerprint density at radius 3 is 2.67 bits per heavy atom. The summed E-state index contributed by atoms with van der Waals surface area (Å²) in [5, 5.41) is 9.07. The molecule has 0 aromatic heterocycles. The topological polar surface area (TPSA) is 41.1 Å². The average Bonchev–Trinajstić information content (AvgIpc) is 3.21. The molecular formula is C18H20N2O. The number of carbonyl (C=O) groups excluding carboxylic acids is 1. The molecule has 1 atom stereocenters. The molecule has 0 bridgehead atoms. The van der Waals surface area contributed by atoms with E-state index in [-0.39, 0.29) is 11.9 Å². The normalized spacial score (nSPS) is 17.8. The molecule has 1 saturated carbocycles. The summed E-state index contributed by atoms with van der Waals surface area (Å²) < 4.78 is 0. The van der Waals surface area contributed by atoms with Crippen molar-refractivity contribution in [2.75, 3.05) is 5.32 Å². The third-order valence-corrected chi connectivity index (χ3v) is 4.57. The van der Waals surface area contributed by atoms with Crippen LogP contribution in [-0.4, -0.2) is 18.0 Å². The fourth-order valence-electron chi connectivity index (χ4n) is 3.23. The molecule has 1 amide bonds. The molecule has 4 rings (SSSR count). The van der Waals surface area contributed by atoms with Crippen LogP contribution in [0.4, 0.5) is 5.69 Å². The van der Waals surface area contributed by atoms with Crippen molar-refractivity contribution in [1.29, 1.82) is 0 Å². The monoisotopic (exact) mass is 280 g/mol. The Hall–Kier alpha value is -2.03. The summed E-state index contributed by atoms with van der Waals surface area (Å²) in [6, 6.07) is 11.0. The standard InChI is InChI=1S/C18H20N2O/c1-11(18(21)20-14-8-9-14)19-16-10-7-13-6-5-12-3-2-4-15(16)17(12)13/h2-4,7,10-11,14,19H,5-6,8-9H2,1H3,(H,20,21)/t11-/m0/s1. The van der Waals surface area contributed by atoms with Crippen LogP contribution < -0.4 is 10.6 Å². The predicted octanol–water partition coefficient (Wildman–Crippen LogP) is 3.02. The van der Waals surface area contributed by atoms with Crippen molar-refractivity contribution in [2.24, 2.45) is 0 Å². The van der Waals surface area contributed by atoms with Crippen molar-refractivity contribution in [1.82, 2.24) is 5.32 Å². The predicted molar refractivity (Wildman–Crippen MR) is 85.6 cm³/mol. The number of benzene rings is 2. The van der Waals surface area contributed by atoms with Gasteiger partial charge < -0.3 is 10.6 Å². The van der Waals surface area contributed by atoms with Crippen molar-refractivity contribution in [3.05, 3.63) is 41.5 Å². The molecule has 108 valence electrons. The van der Waals surface area contributed by atoms with Crippen LogP contribution in [0.15, 0.2) is 30.3 Å². The van der Waals surface area contributed by atoms with Crippen molar-refractivity contribution in [2.45, 2.75) is 44.7 Å². The molecule has 2 aromatic carbocycles. The Morgan fingerprint density at radius 2 is 1.90 bits per heavy atom. The van der Waals surface area contributed by atoms with Crippen LogP contribution in [0.25, 0.3) is 10.8 Å². The maximum absolute atomic E-state index is 12.1. The zero-order valence-corrected chi connectivity index (χ0v) is 12.3. The van der Waals surface area contributed by atoms with Crippen LogP contribution in [0.2, 0.25) is 0 Å². The first-order valence-electron chi connectivity index (χ1n) is 7.83. The molecule has 2 aliphatic carbocycles. The minimum Gasteiger partial charge on any atom is -0.373 e. The molecule has 0 saturated heterocycles. The van der Waals surface area contributed by atoms with Crippen LogP contribution in [0, 0.1) is 0 Å². The molecule has 2 aromatic rings. The van der Waals surface area contributed by atoms with E-state index in [0.717, 1.165) is 31.4 Å². The van der Waals surface area contributed by atoms with Crippen LogP contribution in [0.5, 0.6) is 0 Å². The highest BCUT2D eigenvalue weighted by molar-refractivity contribution is 6.00. The maximum Gasteiger partial charge on any atom is 0.242 e. The van der Waals surface area contributed by atoms with Crippen LogP contribution >= 0.6 is 0 Å². The van der Waals surface area contributed by atoms with Gasteiger partial charge in [0, 0.05) is 17.1 Å². The van der Waals surface area contributed by atoms with E-state index < -0.39 is 0 Å². The molecule has 0 heterocycles. The fourth-order valence-corrected chi connectivity index (χ4v) is 3.23. The van der Waals surface area contributed by atoms with Gasteiger partial charge in [0.25, 0.3) is 0 Å². The summed E-state index contributed by atoms with van der Waals surface area (Å²) in [5.74, 6) is 0.0979. The Kier molecular flexibility index (Phi) is 2.88. The second-order valence-electron chi connectivity index (χ2n) is 6.26. The molecule has 1 fully saturated rings. The van der Waals surface area contributed by atoms with E-state index >= 15 is 0 Å². The number of amides is 1. The highest BCUT2D eigenvalue weighted by atomic mass is 16.2. The molecule has 3 heteroatoms. The summed E-state index contributed by atoms with van der Waals surface area (Å²) >= 11 is 0. The summed E-state index contributed by atoms with van der Waals surface area (Å²) in [7, 11) is 0. The van der Waals surface area contributed by atoms with Gasteiger partial charge in [-0.15, -0.1) is 0 Å². The lowest BCUT2D eigenvalue weighted by atomic mass is 10.0. The Labute approximate surface area is 124 Å². The van der Waals surface area contributed by atoms with Crippen molar-refractivity contribution in [3.63, 3.8) is 0 Å². The Bertz CT molecular complexity index is 708. The third-order valence-electron chi connectivity index (χ3n) is 4.57. The van der Waals surface area contributed by atoms with Crippen molar-refractivity contribution >= 4 is 22.4 Å². The van der Waals surface area contributed by atoms with Gasteiger partial charge in [-0.25, -0.2) is 0 Å². The Morgan fingerprint density at radius 1 is 1.14 bits per heavy atom. The molecule has 2 aliphatic rings. The smallest absolute Gasteiger partial charge is 0.242 e. The second-order valence-corrected chi connectivity index (χ2v) is 6.26. The molecule has 0 unspecified atom stereocenters. The van der Waals surface area contributed by atoms with Gasteiger partial charge in [-0.2, -0.15) is 0 Å². The quantitative estimate of drug-likeness (QED) is 0.904. The summed E-state index contributed by atoms with van der Waals surface area (Å²) in [5.41, 5.74) is 3.93. The molecule has 0 spiro atoms. The van der Waals surface area contributed by atoms with E-state index in [2.05, 4.69) is 41.0 Å². The number of hydrogen-bond acceptors (Lipinski definition) is 2. The van der Waals surface area contributed by atoms with Gasteiger partial charge in [-0.1, -0.05) is 24.3 Å². The lowest BCUT2D eigenvalue weighted by Crippen LogP contribution is -2.38. The first-order valence-corrected chi connectivity index (χ1v) is 7.83. The number of nitrogens with one attached hydrogen (secondary N) is 2. The van der Waals surface area contributed by atoms with Gasteiger partial charge in [0.15, 0.2) is 0 Å². The minimum absolute atomic E-state index is 0.0979. The fraction of sp³-hybridized carbons (Fsp3) is 0.389. The molecular weight excluding hydrogens is 260 g/mol. The lowest BCUT2D eigenvalue weighted by Gasteiger charge is -2.17. The molecule has 21 heavy (non-hydrogen) atoms. The third kappa shape index (κ3) is 2.27. The molecule has 0 aliphatic heterocycles. The molecule has 2 N–H and O–H groups in total. The number of anilines is 1. The number of hydrogen-bond donors (Lipinski definition) is 2. The average molecular weight is 280 g/mol. The highest BCUT2D eigenvalue weighted by Crippen LogP contribution is 2.35.